The number of aromatic carboxylic acids is 1. The van der Waals surface area contributed by atoms with E-state index >= 15 is 0 Å². The number of halogens is 1. The Labute approximate surface area is 146 Å². The zero-order valence-corrected chi connectivity index (χ0v) is 15.1. The number of hydrogen-bond acceptors (Lipinski definition) is 3. The smallest absolute Gasteiger partial charge is 0.335 e. The Kier molecular flexibility index (Phi) is 5.03. The Hall–Kier alpha value is -1.89. The minimum absolute atomic E-state index is 0.0791. The molecule has 0 bridgehead atoms. The van der Waals surface area contributed by atoms with Crippen molar-refractivity contribution in [3.8, 4) is 11.1 Å². The van der Waals surface area contributed by atoms with E-state index in [4.69, 9.17) is 16.7 Å². The van der Waals surface area contributed by atoms with Crippen molar-refractivity contribution in [1.82, 2.24) is 4.72 Å². The van der Waals surface area contributed by atoms with Gasteiger partial charge in [-0.25, -0.2) is 17.9 Å². The Morgan fingerprint density at radius 1 is 1.12 bits per heavy atom. The van der Waals surface area contributed by atoms with E-state index < -0.39 is 21.5 Å². The summed E-state index contributed by atoms with van der Waals surface area (Å²) in [7, 11) is -3.70. The van der Waals surface area contributed by atoms with Crippen molar-refractivity contribution < 1.29 is 18.3 Å². The van der Waals surface area contributed by atoms with Crippen molar-refractivity contribution >= 4 is 27.6 Å². The molecule has 0 aliphatic heterocycles. The van der Waals surface area contributed by atoms with Crippen molar-refractivity contribution in [3.63, 3.8) is 0 Å². The number of benzene rings is 2. The number of rotatable bonds is 4. The fourth-order valence-electron chi connectivity index (χ4n) is 2.17. The van der Waals surface area contributed by atoms with Gasteiger partial charge in [0, 0.05) is 16.1 Å². The zero-order valence-electron chi connectivity index (χ0n) is 13.5. The molecule has 0 aliphatic carbocycles. The number of hydrogen-bond donors (Lipinski definition) is 2. The van der Waals surface area contributed by atoms with E-state index in [1.165, 1.54) is 30.3 Å². The number of sulfonamides is 1. The standard InChI is InChI=1S/C17H18ClNO4S/c1-17(2,3)19-24(22,23)13-6-4-5-11(9-13)14-10-12(16(20)21)7-8-15(14)18/h4-10,19H,1-3H3,(H,20,21). The van der Waals surface area contributed by atoms with Crippen molar-refractivity contribution in [2.24, 2.45) is 0 Å². The number of nitrogens with one attached hydrogen (secondary N) is 1. The maximum absolute atomic E-state index is 12.5. The molecule has 0 aliphatic rings. The summed E-state index contributed by atoms with van der Waals surface area (Å²) in [6.07, 6.45) is 0. The molecular formula is C17H18ClNO4S. The second-order valence-electron chi connectivity index (χ2n) is 6.38. The molecule has 24 heavy (non-hydrogen) atoms. The maximum atomic E-state index is 12.5. The van der Waals surface area contributed by atoms with Crippen LogP contribution in [0.5, 0.6) is 0 Å². The second kappa shape index (κ2) is 6.55. The Bertz CT molecular complexity index is 886. The molecule has 2 rings (SSSR count). The largest absolute Gasteiger partial charge is 0.478 e. The van der Waals surface area contributed by atoms with Crippen LogP contribution >= 0.6 is 11.6 Å². The molecule has 2 aromatic carbocycles. The van der Waals surface area contributed by atoms with E-state index in [-0.39, 0.29) is 10.5 Å². The zero-order chi connectivity index (χ0) is 18.1. The van der Waals surface area contributed by atoms with Crippen molar-refractivity contribution in [3.05, 3.63) is 53.1 Å². The summed E-state index contributed by atoms with van der Waals surface area (Å²) in [4.78, 5) is 11.2. The molecule has 0 atom stereocenters. The number of carbonyl (C=O) groups is 1. The quantitative estimate of drug-likeness (QED) is 0.861. The van der Waals surface area contributed by atoms with E-state index in [1.54, 1.807) is 32.9 Å². The average Bonchev–Trinajstić information content (AvgIpc) is 2.45. The lowest BCUT2D eigenvalue weighted by atomic mass is 10.0. The molecule has 0 radical (unpaired) electrons. The predicted octanol–water partition coefficient (Wildman–Crippen LogP) is 3.78. The second-order valence-corrected chi connectivity index (χ2v) is 8.47. The third kappa shape index (κ3) is 4.35. The summed E-state index contributed by atoms with van der Waals surface area (Å²) in [5, 5.41) is 9.46. The highest BCUT2D eigenvalue weighted by Crippen LogP contribution is 2.30. The highest BCUT2D eigenvalue weighted by atomic mass is 35.5. The topological polar surface area (TPSA) is 83.5 Å². The van der Waals surface area contributed by atoms with Gasteiger partial charge in [-0.15, -0.1) is 0 Å². The lowest BCUT2D eigenvalue weighted by Gasteiger charge is -2.20. The van der Waals surface area contributed by atoms with Gasteiger partial charge in [0.05, 0.1) is 10.5 Å². The lowest BCUT2D eigenvalue weighted by Crippen LogP contribution is -2.40. The molecule has 5 nitrogen and oxygen atoms in total. The molecule has 0 unspecified atom stereocenters. The molecule has 0 aromatic heterocycles. The average molecular weight is 368 g/mol. The van der Waals surface area contributed by atoms with Crippen LogP contribution in [-0.4, -0.2) is 25.0 Å². The monoisotopic (exact) mass is 367 g/mol. The number of carboxylic acids is 1. The van der Waals surface area contributed by atoms with Gasteiger partial charge in [0.25, 0.3) is 0 Å². The molecular weight excluding hydrogens is 350 g/mol. The van der Waals surface area contributed by atoms with Crippen LogP contribution in [0.2, 0.25) is 5.02 Å². The van der Waals surface area contributed by atoms with Gasteiger partial charge in [0.1, 0.15) is 0 Å². The lowest BCUT2D eigenvalue weighted by molar-refractivity contribution is 0.0697. The Balaban J connectivity index is 2.53. The normalized spacial score (nSPS) is 12.2. The molecule has 2 aromatic rings. The number of carboxylic acid groups (broad SMARTS) is 1. The van der Waals surface area contributed by atoms with E-state index in [0.717, 1.165) is 0 Å². The van der Waals surface area contributed by atoms with Crippen LogP contribution in [0.3, 0.4) is 0 Å². The summed E-state index contributed by atoms with van der Waals surface area (Å²) >= 11 is 6.15. The summed E-state index contributed by atoms with van der Waals surface area (Å²) in [5.41, 5.74) is 0.454. The minimum atomic E-state index is -3.70. The highest BCUT2D eigenvalue weighted by Gasteiger charge is 2.22. The molecule has 0 saturated heterocycles. The SMILES string of the molecule is CC(C)(C)NS(=O)(=O)c1cccc(-c2cc(C(=O)O)ccc2Cl)c1. The molecule has 2 N–H and O–H groups in total. The fourth-order valence-corrected chi connectivity index (χ4v) is 3.86. The van der Waals surface area contributed by atoms with Gasteiger partial charge < -0.3 is 5.11 Å². The van der Waals surface area contributed by atoms with Crippen LogP contribution < -0.4 is 4.72 Å². The summed E-state index contributed by atoms with van der Waals surface area (Å²) in [6, 6.07) is 10.5. The summed E-state index contributed by atoms with van der Waals surface area (Å²) in [5.74, 6) is -1.08. The van der Waals surface area contributed by atoms with Gasteiger partial charge in [-0.1, -0.05) is 23.7 Å². The highest BCUT2D eigenvalue weighted by molar-refractivity contribution is 7.89. The van der Waals surface area contributed by atoms with Gasteiger partial charge in [-0.3, -0.25) is 0 Å². The van der Waals surface area contributed by atoms with Gasteiger partial charge in [0.2, 0.25) is 10.0 Å². The molecule has 0 spiro atoms. The van der Waals surface area contributed by atoms with Crippen LogP contribution in [0.1, 0.15) is 31.1 Å². The van der Waals surface area contributed by atoms with E-state index in [1.807, 2.05) is 0 Å². The first-order valence-electron chi connectivity index (χ1n) is 7.17. The Morgan fingerprint density at radius 2 is 1.79 bits per heavy atom. The third-order valence-corrected chi connectivity index (χ3v) is 5.19. The van der Waals surface area contributed by atoms with Crippen LogP contribution in [0.15, 0.2) is 47.4 Å². The maximum Gasteiger partial charge on any atom is 0.335 e. The van der Waals surface area contributed by atoms with Gasteiger partial charge in [-0.2, -0.15) is 0 Å². The summed E-state index contributed by atoms with van der Waals surface area (Å²) < 4.78 is 27.5. The molecule has 128 valence electrons. The molecule has 0 amide bonds. The molecule has 0 fully saturated rings. The fraction of sp³-hybridized carbons (Fsp3) is 0.235. The van der Waals surface area contributed by atoms with Gasteiger partial charge in [-0.05, 0) is 56.7 Å². The molecule has 0 heterocycles. The van der Waals surface area contributed by atoms with Crippen molar-refractivity contribution in [2.45, 2.75) is 31.2 Å². The van der Waals surface area contributed by atoms with Crippen LogP contribution in [0.25, 0.3) is 11.1 Å². The van der Waals surface area contributed by atoms with Gasteiger partial charge >= 0.3 is 5.97 Å². The predicted molar refractivity (Wildman–Crippen MR) is 93.9 cm³/mol. The van der Waals surface area contributed by atoms with E-state index in [0.29, 0.717) is 16.1 Å². The van der Waals surface area contributed by atoms with Crippen LogP contribution in [0, 0.1) is 0 Å². The van der Waals surface area contributed by atoms with Gasteiger partial charge in [0.15, 0.2) is 0 Å². The van der Waals surface area contributed by atoms with E-state index in [9.17, 15) is 13.2 Å². The third-order valence-electron chi connectivity index (χ3n) is 3.11. The van der Waals surface area contributed by atoms with Crippen LogP contribution in [-0.2, 0) is 10.0 Å². The van der Waals surface area contributed by atoms with Crippen molar-refractivity contribution in [2.75, 3.05) is 0 Å². The van der Waals surface area contributed by atoms with Crippen molar-refractivity contribution in [1.29, 1.82) is 0 Å². The first-order valence-corrected chi connectivity index (χ1v) is 9.03. The Morgan fingerprint density at radius 3 is 2.38 bits per heavy atom. The minimum Gasteiger partial charge on any atom is -0.478 e. The van der Waals surface area contributed by atoms with Crippen LogP contribution in [0.4, 0.5) is 0 Å². The summed E-state index contributed by atoms with van der Waals surface area (Å²) in [6.45, 7) is 5.25. The molecule has 7 heteroatoms. The van der Waals surface area contributed by atoms with E-state index in [2.05, 4.69) is 4.72 Å². The first-order chi connectivity index (χ1) is 11.0. The molecule has 0 saturated carbocycles. The first kappa shape index (κ1) is 18.4.